The summed E-state index contributed by atoms with van der Waals surface area (Å²) in [6.45, 7) is 7.76. The molecule has 2 aliphatic heterocycles. The second-order valence-corrected chi connectivity index (χ2v) is 13.3. The average molecular weight is 623 g/mol. The number of carbonyl (C=O) groups excluding carboxylic acids is 3. The van der Waals surface area contributed by atoms with Gasteiger partial charge in [0.05, 0.1) is 10.0 Å². The van der Waals surface area contributed by atoms with E-state index in [0.717, 1.165) is 18.4 Å². The first-order valence-corrected chi connectivity index (χ1v) is 15.2. The third-order valence-corrected chi connectivity index (χ3v) is 8.93. The van der Waals surface area contributed by atoms with Crippen LogP contribution < -0.4 is 0 Å². The van der Waals surface area contributed by atoms with Crippen LogP contribution in [0.15, 0.2) is 42.5 Å². The highest BCUT2D eigenvalue weighted by atomic mass is 35.5. The van der Waals surface area contributed by atoms with E-state index in [1.807, 2.05) is 44.9 Å². The molecule has 0 bridgehead atoms. The number of likely N-dealkylation sites (N-methyl/N-ethyl adjacent to an activating group) is 1. The largest absolute Gasteiger partial charge is 0.444 e. The number of ether oxygens (including phenoxy) is 1. The number of hydrogen-bond donors (Lipinski definition) is 0. The van der Waals surface area contributed by atoms with E-state index in [1.165, 1.54) is 0 Å². The summed E-state index contributed by atoms with van der Waals surface area (Å²) in [7, 11) is 1.81. The third-order valence-electron chi connectivity index (χ3n) is 7.94. The molecule has 2 atom stereocenters. The van der Waals surface area contributed by atoms with Crippen molar-refractivity contribution in [2.75, 3.05) is 33.2 Å². The Bertz CT molecular complexity index is 1260. The highest BCUT2D eigenvalue weighted by Gasteiger charge is 2.38. The molecule has 41 heavy (non-hydrogen) atoms. The number of likely N-dealkylation sites (tertiary alicyclic amines) is 2. The fraction of sp³-hybridized carbons (Fsp3) is 0.516. The number of hydrogen-bond acceptors (Lipinski definition) is 4. The van der Waals surface area contributed by atoms with E-state index in [1.54, 1.807) is 40.1 Å². The van der Waals surface area contributed by atoms with Gasteiger partial charge in [-0.05, 0) is 87.9 Å². The van der Waals surface area contributed by atoms with Crippen LogP contribution in [0.3, 0.4) is 0 Å². The van der Waals surface area contributed by atoms with Crippen LogP contribution in [-0.4, -0.2) is 77.5 Å². The first-order chi connectivity index (χ1) is 19.3. The molecule has 0 spiro atoms. The van der Waals surface area contributed by atoms with Crippen molar-refractivity contribution in [3.05, 3.63) is 68.7 Å². The van der Waals surface area contributed by atoms with Crippen molar-refractivity contribution in [3.8, 4) is 0 Å². The molecule has 2 aromatic rings. The molecule has 4 rings (SSSR count). The standard InChI is InChI=1S/C31H38Cl3N3O4/c1-31(2,3)41-30(40)36-14-11-20(12-15-36)17-28(38)37-16-13-27(24(19-37)22-7-10-25(33)26(34)18-22)35(4)29(39)21-5-8-23(32)9-6-21/h5-10,18,20,24,27H,11-17,19H2,1-4H3/t24-,27+/m0/s1. The molecule has 222 valence electrons. The van der Waals surface area contributed by atoms with Crippen molar-refractivity contribution < 1.29 is 19.1 Å². The Morgan fingerprint density at radius 2 is 1.54 bits per heavy atom. The predicted molar refractivity (Wildman–Crippen MR) is 163 cm³/mol. The quantitative estimate of drug-likeness (QED) is 0.355. The Morgan fingerprint density at radius 3 is 2.15 bits per heavy atom. The van der Waals surface area contributed by atoms with Gasteiger partial charge in [-0.25, -0.2) is 4.79 Å². The molecule has 0 saturated carbocycles. The second-order valence-electron chi connectivity index (χ2n) is 12.0. The molecule has 2 heterocycles. The fourth-order valence-corrected chi connectivity index (χ4v) is 6.10. The Labute approximate surface area is 257 Å². The number of halogens is 3. The Morgan fingerprint density at radius 1 is 0.902 bits per heavy atom. The summed E-state index contributed by atoms with van der Waals surface area (Å²) in [5.74, 6) is 0.0541. The summed E-state index contributed by atoms with van der Waals surface area (Å²) in [6.07, 6.45) is 2.28. The molecule has 0 aromatic heterocycles. The second kappa shape index (κ2) is 13.2. The molecule has 2 aromatic carbocycles. The van der Waals surface area contributed by atoms with Gasteiger partial charge in [0.2, 0.25) is 5.91 Å². The average Bonchev–Trinajstić information content (AvgIpc) is 2.93. The van der Waals surface area contributed by atoms with Gasteiger partial charge in [-0.3, -0.25) is 9.59 Å². The Hall–Kier alpha value is -2.48. The first-order valence-electron chi connectivity index (χ1n) is 14.1. The lowest BCUT2D eigenvalue weighted by Crippen LogP contribution is -2.52. The van der Waals surface area contributed by atoms with E-state index in [4.69, 9.17) is 39.5 Å². The molecule has 7 nitrogen and oxygen atoms in total. The summed E-state index contributed by atoms with van der Waals surface area (Å²) in [6, 6.07) is 12.2. The predicted octanol–water partition coefficient (Wildman–Crippen LogP) is 7.14. The van der Waals surface area contributed by atoms with Crippen LogP contribution in [0.2, 0.25) is 15.1 Å². The maximum Gasteiger partial charge on any atom is 0.410 e. The minimum Gasteiger partial charge on any atom is -0.444 e. The van der Waals surface area contributed by atoms with Crippen molar-refractivity contribution in [3.63, 3.8) is 0 Å². The molecular weight excluding hydrogens is 585 g/mol. The summed E-state index contributed by atoms with van der Waals surface area (Å²) in [4.78, 5) is 44.7. The molecule has 2 aliphatic rings. The molecule has 0 N–H and O–H groups in total. The Balaban J connectivity index is 1.44. The van der Waals surface area contributed by atoms with E-state index in [2.05, 4.69) is 0 Å². The van der Waals surface area contributed by atoms with E-state index in [9.17, 15) is 14.4 Å². The van der Waals surface area contributed by atoms with Gasteiger partial charge in [0, 0.05) is 62.2 Å². The zero-order valence-electron chi connectivity index (χ0n) is 24.0. The molecule has 0 aliphatic carbocycles. The number of piperidine rings is 2. The molecular formula is C31H38Cl3N3O4. The molecule has 2 saturated heterocycles. The van der Waals surface area contributed by atoms with Gasteiger partial charge >= 0.3 is 6.09 Å². The zero-order chi connectivity index (χ0) is 29.9. The highest BCUT2D eigenvalue weighted by molar-refractivity contribution is 6.42. The molecule has 2 fully saturated rings. The Kier molecular flexibility index (Phi) is 10.1. The summed E-state index contributed by atoms with van der Waals surface area (Å²) in [5, 5.41) is 1.47. The lowest BCUT2D eigenvalue weighted by atomic mass is 9.84. The number of nitrogens with zero attached hydrogens (tertiary/aromatic N) is 3. The number of carbonyl (C=O) groups is 3. The SMILES string of the molecule is CN(C(=O)c1ccc(Cl)cc1)[C@@H]1CCN(C(=O)CC2CCN(C(=O)OC(C)(C)C)CC2)C[C@H]1c1ccc(Cl)c(Cl)c1. The molecule has 0 radical (unpaired) electrons. The van der Waals surface area contributed by atoms with Gasteiger partial charge in [0.25, 0.3) is 5.91 Å². The maximum atomic E-state index is 13.5. The van der Waals surface area contributed by atoms with E-state index in [-0.39, 0.29) is 35.8 Å². The zero-order valence-corrected chi connectivity index (χ0v) is 26.3. The lowest BCUT2D eigenvalue weighted by molar-refractivity contribution is -0.134. The number of benzene rings is 2. The summed E-state index contributed by atoms with van der Waals surface area (Å²) in [5.41, 5.74) is 0.957. The van der Waals surface area contributed by atoms with Crippen molar-refractivity contribution >= 4 is 52.7 Å². The van der Waals surface area contributed by atoms with Crippen LogP contribution in [0.4, 0.5) is 4.79 Å². The molecule has 3 amide bonds. The van der Waals surface area contributed by atoms with Crippen LogP contribution >= 0.6 is 34.8 Å². The first kappa shape index (κ1) is 31.5. The van der Waals surface area contributed by atoms with Crippen molar-refractivity contribution in [2.45, 2.75) is 64.0 Å². The smallest absolute Gasteiger partial charge is 0.410 e. The van der Waals surface area contributed by atoms with Gasteiger partial charge in [0.15, 0.2) is 0 Å². The number of rotatable bonds is 5. The molecule has 0 unspecified atom stereocenters. The van der Waals surface area contributed by atoms with Gasteiger partial charge in [-0.2, -0.15) is 0 Å². The van der Waals surface area contributed by atoms with Crippen LogP contribution in [0.5, 0.6) is 0 Å². The van der Waals surface area contributed by atoms with E-state index < -0.39 is 5.60 Å². The summed E-state index contributed by atoms with van der Waals surface area (Å²) >= 11 is 18.6. The lowest BCUT2D eigenvalue weighted by Gasteiger charge is -2.43. The monoisotopic (exact) mass is 621 g/mol. The van der Waals surface area contributed by atoms with Crippen LogP contribution in [0, 0.1) is 5.92 Å². The van der Waals surface area contributed by atoms with Gasteiger partial charge < -0.3 is 19.4 Å². The highest BCUT2D eigenvalue weighted by Crippen LogP contribution is 2.35. The third kappa shape index (κ3) is 8.08. The minimum atomic E-state index is -0.533. The van der Waals surface area contributed by atoms with Crippen LogP contribution in [0.1, 0.15) is 68.3 Å². The van der Waals surface area contributed by atoms with Crippen molar-refractivity contribution in [2.24, 2.45) is 5.92 Å². The fourth-order valence-electron chi connectivity index (χ4n) is 5.67. The minimum absolute atomic E-state index is 0.0934. The maximum absolute atomic E-state index is 13.5. The van der Waals surface area contributed by atoms with E-state index >= 15 is 0 Å². The normalized spacial score (nSPS) is 20.1. The van der Waals surface area contributed by atoms with Gasteiger partial charge in [0.1, 0.15) is 5.60 Å². The van der Waals surface area contributed by atoms with Crippen LogP contribution in [-0.2, 0) is 9.53 Å². The summed E-state index contributed by atoms with van der Waals surface area (Å²) < 4.78 is 5.50. The van der Waals surface area contributed by atoms with Crippen molar-refractivity contribution in [1.82, 2.24) is 14.7 Å². The molecule has 10 heteroatoms. The van der Waals surface area contributed by atoms with Gasteiger partial charge in [-0.1, -0.05) is 40.9 Å². The topological polar surface area (TPSA) is 70.2 Å². The van der Waals surface area contributed by atoms with Crippen molar-refractivity contribution in [1.29, 1.82) is 0 Å². The number of amides is 3. The van der Waals surface area contributed by atoms with E-state index in [0.29, 0.717) is 59.7 Å². The van der Waals surface area contributed by atoms with Crippen LogP contribution in [0.25, 0.3) is 0 Å². The van der Waals surface area contributed by atoms with Gasteiger partial charge in [-0.15, -0.1) is 0 Å².